The molecule has 4 bridgehead atoms. The number of rotatable bonds is 4. The number of hydrogen-bond donors (Lipinski definition) is 0. The van der Waals surface area contributed by atoms with Gasteiger partial charge in [-0.05, 0) is 79.2 Å². The molecule has 4 rings (SSSR count). The zero-order valence-corrected chi connectivity index (χ0v) is 16.5. The summed E-state index contributed by atoms with van der Waals surface area (Å²) in [5.41, 5.74) is 5.82. The minimum absolute atomic E-state index is 0.193. The Kier molecular flexibility index (Phi) is 5.21. The largest absolute Gasteiger partial charge is 0.496 e. The van der Waals surface area contributed by atoms with E-state index in [1.807, 2.05) is 18.2 Å². The average Bonchev–Trinajstić information content (AvgIpc) is 2.69. The van der Waals surface area contributed by atoms with Gasteiger partial charge in [0.05, 0.1) is 19.8 Å². The van der Waals surface area contributed by atoms with Crippen molar-refractivity contribution < 1.29 is 19.1 Å². The summed E-state index contributed by atoms with van der Waals surface area (Å²) in [4.78, 5) is 23.8. The van der Waals surface area contributed by atoms with E-state index in [9.17, 15) is 9.59 Å². The molecule has 0 aliphatic heterocycles. The maximum Gasteiger partial charge on any atom is 0.153 e. The lowest BCUT2D eigenvalue weighted by molar-refractivity contribution is 0.111. The van der Waals surface area contributed by atoms with E-state index in [4.69, 9.17) is 9.47 Å². The van der Waals surface area contributed by atoms with E-state index in [1.165, 1.54) is 5.56 Å². The average molecular weight is 378 g/mol. The first-order valence-electron chi connectivity index (χ1n) is 10.0. The highest BCUT2D eigenvalue weighted by Crippen LogP contribution is 2.55. The van der Waals surface area contributed by atoms with Gasteiger partial charge in [-0.15, -0.1) is 0 Å². The molecule has 28 heavy (non-hydrogen) atoms. The Morgan fingerprint density at radius 1 is 0.929 bits per heavy atom. The molecule has 2 unspecified atom stereocenters. The zero-order valence-electron chi connectivity index (χ0n) is 16.5. The van der Waals surface area contributed by atoms with Gasteiger partial charge in [-0.3, -0.25) is 9.59 Å². The summed E-state index contributed by atoms with van der Waals surface area (Å²) in [6, 6.07) is 8.21. The van der Waals surface area contributed by atoms with Crippen LogP contribution in [0.1, 0.15) is 80.5 Å². The van der Waals surface area contributed by atoms with Gasteiger partial charge in [0.15, 0.2) is 12.6 Å². The molecule has 1 saturated carbocycles. The number of ether oxygens (including phenoxy) is 2. The van der Waals surface area contributed by atoms with Crippen LogP contribution < -0.4 is 9.47 Å². The number of benzene rings is 2. The van der Waals surface area contributed by atoms with Gasteiger partial charge in [0.2, 0.25) is 0 Å². The van der Waals surface area contributed by atoms with Gasteiger partial charge >= 0.3 is 0 Å². The number of hydrogen-bond acceptors (Lipinski definition) is 4. The fourth-order valence-corrected chi connectivity index (χ4v) is 4.92. The van der Waals surface area contributed by atoms with Crippen molar-refractivity contribution in [1.82, 2.24) is 0 Å². The SMILES string of the molecule is COc1ccc2c(C=O)c1C1CCC1c1cc(cc(C=O)c1OC)CCCC2. The Balaban J connectivity index is 1.92. The Hall–Kier alpha value is -2.62. The lowest BCUT2D eigenvalue weighted by atomic mass is 9.64. The van der Waals surface area contributed by atoms with Crippen LogP contribution in [0.2, 0.25) is 0 Å². The lowest BCUT2D eigenvalue weighted by Gasteiger charge is -2.40. The molecule has 2 atom stereocenters. The van der Waals surface area contributed by atoms with E-state index >= 15 is 0 Å². The number of fused-ring (bicyclic) bond motifs is 7. The van der Waals surface area contributed by atoms with Crippen molar-refractivity contribution in [3.05, 3.63) is 57.6 Å². The fourth-order valence-electron chi connectivity index (χ4n) is 4.92. The first kappa shape index (κ1) is 18.7. The molecule has 0 amide bonds. The van der Waals surface area contributed by atoms with E-state index in [0.29, 0.717) is 11.3 Å². The van der Waals surface area contributed by atoms with E-state index < -0.39 is 0 Å². The Morgan fingerprint density at radius 3 is 2.36 bits per heavy atom. The summed E-state index contributed by atoms with van der Waals surface area (Å²) in [5.74, 6) is 1.87. The van der Waals surface area contributed by atoms with Gasteiger partial charge in [-0.2, -0.15) is 0 Å². The highest BCUT2D eigenvalue weighted by molar-refractivity contribution is 5.83. The Bertz CT molecular complexity index is 915. The predicted octanol–water partition coefficient (Wildman–Crippen LogP) is 4.87. The van der Waals surface area contributed by atoms with Gasteiger partial charge in [0, 0.05) is 11.1 Å². The predicted molar refractivity (Wildman–Crippen MR) is 108 cm³/mol. The third-order valence-corrected chi connectivity index (χ3v) is 6.42. The Labute approximate surface area is 165 Å². The molecular formula is C24H26O4. The van der Waals surface area contributed by atoms with Crippen LogP contribution in [-0.2, 0) is 12.8 Å². The second kappa shape index (κ2) is 7.78. The first-order valence-corrected chi connectivity index (χ1v) is 10.0. The topological polar surface area (TPSA) is 52.6 Å². The van der Waals surface area contributed by atoms with Crippen LogP contribution in [-0.4, -0.2) is 26.8 Å². The summed E-state index contributed by atoms with van der Waals surface area (Å²) < 4.78 is 11.3. The minimum Gasteiger partial charge on any atom is -0.496 e. The molecule has 0 spiro atoms. The highest BCUT2D eigenvalue weighted by atomic mass is 16.5. The highest BCUT2D eigenvalue weighted by Gasteiger charge is 2.39. The van der Waals surface area contributed by atoms with Crippen molar-refractivity contribution in [1.29, 1.82) is 0 Å². The second-order valence-corrected chi connectivity index (χ2v) is 7.79. The molecule has 1 fully saturated rings. The molecule has 2 aromatic rings. The third-order valence-electron chi connectivity index (χ3n) is 6.42. The van der Waals surface area contributed by atoms with Crippen molar-refractivity contribution in [2.24, 2.45) is 0 Å². The molecule has 2 aliphatic carbocycles. The lowest BCUT2D eigenvalue weighted by Crippen LogP contribution is -2.25. The van der Waals surface area contributed by atoms with E-state index in [1.54, 1.807) is 14.2 Å². The van der Waals surface area contributed by atoms with Crippen LogP contribution in [0.4, 0.5) is 0 Å². The van der Waals surface area contributed by atoms with Crippen molar-refractivity contribution in [2.75, 3.05) is 14.2 Å². The summed E-state index contributed by atoms with van der Waals surface area (Å²) in [6.45, 7) is 0. The smallest absolute Gasteiger partial charge is 0.153 e. The Morgan fingerprint density at radius 2 is 1.71 bits per heavy atom. The van der Waals surface area contributed by atoms with E-state index in [2.05, 4.69) is 6.07 Å². The van der Waals surface area contributed by atoms with Crippen molar-refractivity contribution >= 4 is 12.6 Å². The molecule has 0 N–H and O–H groups in total. The van der Waals surface area contributed by atoms with Gasteiger partial charge in [0.1, 0.15) is 11.5 Å². The zero-order chi connectivity index (χ0) is 19.7. The monoisotopic (exact) mass is 378 g/mol. The van der Waals surface area contributed by atoms with Crippen LogP contribution in [0.15, 0.2) is 24.3 Å². The molecule has 0 heterocycles. The van der Waals surface area contributed by atoms with Gasteiger partial charge < -0.3 is 9.47 Å². The van der Waals surface area contributed by atoms with Crippen LogP contribution in [0.25, 0.3) is 0 Å². The van der Waals surface area contributed by atoms with Crippen LogP contribution >= 0.6 is 0 Å². The van der Waals surface area contributed by atoms with Crippen LogP contribution in [0.5, 0.6) is 11.5 Å². The molecule has 146 valence electrons. The maximum atomic E-state index is 12.1. The number of aryl methyl sites for hydroxylation is 2. The molecular weight excluding hydrogens is 352 g/mol. The molecule has 0 radical (unpaired) electrons. The molecule has 0 aromatic heterocycles. The van der Waals surface area contributed by atoms with Crippen LogP contribution in [0.3, 0.4) is 0 Å². The maximum absolute atomic E-state index is 12.1. The number of methoxy groups -OCH3 is 2. The van der Waals surface area contributed by atoms with Gasteiger partial charge in [-0.1, -0.05) is 12.1 Å². The standard InChI is InChI=1S/C24H26O4/c1-27-22-10-7-16-6-4-3-5-15-11-17(13-25)24(28-2)20(12-15)18-8-9-19(18)23(22)21(16)14-26/h7,10-14,18-19H,3-6,8-9H2,1-2H3. The fraction of sp³-hybridized carbons (Fsp3) is 0.417. The molecule has 4 nitrogen and oxygen atoms in total. The quantitative estimate of drug-likeness (QED) is 0.713. The molecule has 0 saturated heterocycles. The molecule has 2 aliphatic rings. The summed E-state index contributed by atoms with van der Waals surface area (Å²) in [6.07, 6.45) is 7.71. The van der Waals surface area contributed by atoms with Crippen molar-refractivity contribution in [2.45, 2.75) is 50.4 Å². The number of carbonyl (C=O) groups excluding carboxylic acids is 2. The van der Waals surface area contributed by atoms with Crippen molar-refractivity contribution in [3.8, 4) is 11.5 Å². The first-order chi connectivity index (χ1) is 13.7. The third kappa shape index (κ3) is 3.01. The normalized spacial score (nSPS) is 20.6. The van der Waals surface area contributed by atoms with Gasteiger partial charge in [0.25, 0.3) is 0 Å². The van der Waals surface area contributed by atoms with E-state index in [0.717, 1.165) is 79.1 Å². The second-order valence-electron chi connectivity index (χ2n) is 7.79. The summed E-state index contributed by atoms with van der Waals surface area (Å²) in [7, 11) is 3.29. The molecule has 4 heteroatoms. The summed E-state index contributed by atoms with van der Waals surface area (Å²) >= 11 is 0. The summed E-state index contributed by atoms with van der Waals surface area (Å²) in [5, 5.41) is 0. The minimum atomic E-state index is 0.193. The number of aldehydes is 2. The van der Waals surface area contributed by atoms with E-state index in [-0.39, 0.29) is 11.8 Å². The van der Waals surface area contributed by atoms with Crippen molar-refractivity contribution in [3.63, 3.8) is 0 Å². The van der Waals surface area contributed by atoms with Crippen LogP contribution in [0, 0.1) is 0 Å². The van der Waals surface area contributed by atoms with Gasteiger partial charge in [-0.25, -0.2) is 0 Å². The molecule has 2 aromatic carbocycles. The number of carbonyl (C=O) groups is 2.